The molecule has 3 atom stereocenters. The van der Waals surface area contributed by atoms with E-state index in [9.17, 15) is 14.7 Å². The first kappa shape index (κ1) is 18.6. The van der Waals surface area contributed by atoms with E-state index in [1.54, 1.807) is 21.7 Å². The monoisotopic (exact) mass is 403 g/mol. The summed E-state index contributed by atoms with van der Waals surface area (Å²) in [7, 11) is 0. The lowest BCUT2D eigenvalue weighted by atomic mass is 9.78. The van der Waals surface area contributed by atoms with Crippen molar-refractivity contribution in [3.8, 4) is 11.5 Å². The van der Waals surface area contributed by atoms with Crippen LogP contribution in [-0.4, -0.2) is 55.1 Å². The van der Waals surface area contributed by atoms with Crippen LogP contribution in [0, 0.1) is 5.92 Å². The van der Waals surface area contributed by atoms with Gasteiger partial charge in [0.15, 0.2) is 5.82 Å². The van der Waals surface area contributed by atoms with Crippen molar-refractivity contribution < 1.29 is 9.90 Å². The first-order valence-electron chi connectivity index (χ1n) is 10.0. The van der Waals surface area contributed by atoms with Crippen molar-refractivity contribution in [3.63, 3.8) is 0 Å². The quantitative estimate of drug-likeness (QED) is 0.711. The molecule has 0 unspecified atom stereocenters. The van der Waals surface area contributed by atoms with Crippen LogP contribution in [0.3, 0.4) is 0 Å². The molecular weight excluding hydrogens is 382 g/mol. The number of hydrogen-bond donors (Lipinski definition) is 1. The molecular formula is C22H21N5O3. The largest absolute Gasteiger partial charge is 0.394 e. The number of aliphatic hydroxyl groups is 1. The highest BCUT2D eigenvalue weighted by Gasteiger charge is 2.41. The molecule has 1 fully saturated rings. The number of amides is 1. The van der Waals surface area contributed by atoms with Gasteiger partial charge in [0.25, 0.3) is 11.5 Å². The zero-order valence-corrected chi connectivity index (χ0v) is 16.3. The number of fused-ring (bicyclic) bond motifs is 4. The molecule has 3 aromatic rings. The molecule has 8 heteroatoms. The fourth-order valence-electron chi connectivity index (χ4n) is 4.69. The minimum absolute atomic E-state index is 0.0269. The molecule has 1 amide bonds. The van der Waals surface area contributed by atoms with E-state index in [0.717, 1.165) is 12.1 Å². The molecule has 5 heterocycles. The normalized spacial score (nSPS) is 22.4. The van der Waals surface area contributed by atoms with E-state index in [-0.39, 0.29) is 36.0 Å². The standard InChI is InChI=1S/C22H21N5O3/c28-13-19-15-8-14(18-5-3-6-20(29)27(18)19)11-26(12-15)22(30)16-9-24-21(25-10-16)17-4-1-2-7-23-17/h1-7,9-10,14-15,19,28H,8,11-13H2/t14-,15+,19+/m1/s1. The SMILES string of the molecule is O=C(c1cnc(-c2ccccn2)nc1)N1C[C@H]2C[C@@H](C1)[C@H](CO)n1c2cccc1=O. The maximum Gasteiger partial charge on any atom is 0.257 e. The summed E-state index contributed by atoms with van der Waals surface area (Å²) < 4.78 is 1.71. The number of pyridine rings is 2. The van der Waals surface area contributed by atoms with Crippen LogP contribution in [0.5, 0.6) is 0 Å². The molecule has 5 rings (SSSR count). The predicted octanol–water partition coefficient (Wildman–Crippen LogP) is 1.49. The lowest BCUT2D eigenvalue weighted by Crippen LogP contribution is -2.51. The molecule has 3 aromatic heterocycles. The predicted molar refractivity (Wildman–Crippen MR) is 109 cm³/mol. The summed E-state index contributed by atoms with van der Waals surface area (Å²) in [6.07, 6.45) is 5.59. The van der Waals surface area contributed by atoms with Crippen molar-refractivity contribution in [1.29, 1.82) is 0 Å². The average Bonchev–Trinajstić information content (AvgIpc) is 2.80. The lowest BCUT2D eigenvalue weighted by Gasteiger charge is -2.46. The Labute approximate surface area is 172 Å². The minimum atomic E-state index is -0.316. The second-order valence-corrected chi connectivity index (χ2v) is 7.82. The fourth-order valence-corrected chi connectivity index (χ4v) is 4.69. The van der Waals surface area contributed by atoms with Gasteiger partial charge in [0, 0.05) is 55.3 Å². The first-order chi connectivity index (χ1) is 14.7. The summed E-state index contributed by atoms with van der Waals surface area (Å²) in [5, 5.41) is 9.97. The Kier molecular flexibility index (Phi) is 4.63. The fraction of sp³-hybridized carbons (Fsp3) is 0.318. The number of piperidine rings is 1. The number of carbonyl (C=O) groups is 1. The molecule has 0 aliphatic carbocycles. The van der Waals surface area contributed by atoms with Crippen LogP contribution in [0.4, 0.5) is 0 Å². The van der Waals surface area contributed by atoms with Gasteiger partial charge in [-0.1, -0.05) is 12.1 Å². The summed E-state index contributed by atoms with van der Waals surface area (Å²) in [6, 6.07) is 10.4. The van der Waals surface area contributed by atoms with Gasteiger partial charge in [-0.25, -0.2) is 9.97 Å². The minimum Gasteiger partial charge on any atom is -0.394 e. The number of nitrogens with zero attached hydrogens (tertiary/aromatic N) is 5. The third-order valence-electron chi connectivity index (χ3n) is 6.07. The third-order valence-corrected chi connectivity index (χ3v) is 6.07. The van der Waals surface area contributed by atoms with Crippen molar-refractivity contribution >= 4 is 5.91 Å². The van der Waals surface area contributed by atoms with Gasteiger partial charge in [0.1, 0.15) is 5.69 Å². The maximum atomic E-state index is 13.2. The van der Waals surface area contributed by atoms with E-state index >= 15 is 0 Å². The Morgan fingerprint density at radius 1 is 1.07 bits per heavy atom. The molecule has 2 aliphatic heterocycles. The molecule has 8 nitrogen and oxygen atoms in total. The summed E-state index contributed by atoms with van der Waals surface area (Å²) in [6.45, 7) is 0.889. The zero-order valence-electron chi connectivity index (χ0n) is 16.3. The van der Waals surface area contributed by atoms with Crippen LogP contribution < -0.4 is 5.56 Å². The second-order valence-electron chi connectivity index (χ2n) is 7.82. The van der Waals surface area contributed by atoms with Gasteiger partial charge in [0.2, 0.25) is 0 Å². The van der Waals surface area contributed by atoms with E-state index in [4.69, 9.17) is 0 Å². The molecule has 0 radical (unpaired) electrons. The number of rotatable bonds is 3. The highest BCUT2D eigenvalue weighted by atomic mass is 16.3. The summed E-state index contributed by atoms with van der Waals surface area (Å²) in [4.78, 5) is 40.2. The van der Waals surface area contributed by atoms with Crippen LogP contribution in [-0.2, 0) is 0 Å². The van der Waals surface area contributed by atoms with Gasteiger partial charge < -0.3 is 14.6 Å². The van der Waals surface area contributed by atoms with Crippen molar-refractivity contribution in [1.82, 2.24) is 24.4 Å². The van der Waals surface area contributed by atoms with Gasteiger partial charge in [-0.3, -0.25) is 14.6 Å². The highest BCUT2D eigenvalue weighted by Crippen LogP contribution is 2.41. The number of aliphatic hydroxyl groups excluding tert-OH is 1. The first-order valence-corrected chi connectivity index (χ1v) is 10.0. The molecule has 1 saturated heterocycles. The van der Waals surface area contributed by atoms with Gasteiger partial charge in [0.05, 0.1) is 18.2 Å². The van der Waals surface area contributed by atoms with Crippen molar-refractivity contribution in [2.24, 2.45) is 5.92 Å². The molecule has 2 bridgehead atoms. The van der Waals surface area contributed by atoms with Gasteiger partial charge in [-0.05, 0) is 24.6 Å². The van der Waals surface area contributed by atoms with Crippen molar-refractivity contribution in [2.75, 3.05) is 19.7 Å². The Bertz CT molecular complexity index is 1130. The Morgan fingerprint density at radius 3 is 2.63 bits per heavy atom. The van der Waals surface area contributed by atoms with E-state index in [1.807, 2.05) is 24.3 Å². The summed E-state index contributed by atoms with van der Waals surface area (Å²) >= 11 is 0. The van der Waals surface area contributed by atoms with E-state index in [2.05, 4.69) is 15.0 Å². The molecule has 0 saturated carbocycles. The number of carbonyl (C=O) groups excluding carboxylic acids is 1. The van der Waals surface area contributed by atoms with E-state index in [1.165, 1.54) is 18.5 Å². The smallest absolute Gasteiger partial charge is 0.257 e. The molecule has 0 aromatic carbocycles. The average molecular weight is 403 g/mol. The lowest BCUT2D eigenvalue weighted by molar-refractivity contribution is 0.0437. The molecule has 152 valence electrons. The maximum absolute atomic E-state index is 13.2. The number of likely N-dealkylation sites (tertiary alicyclic amines) is 1. The summed E-state index contributed by atoms with van der Waals surface area (Å²) in [5.74, 6) is 0.425. The van der Waals surface area contributed by atoms with Gasteiger partial charge in [-0.2, -0.15) is 0 Å². The number of aromatic nitrogens is 4. The molecule has 30 heavy (non-hydrogen) atoms. The van der Waals surface area contributed by atoms with Gasteiger partial charge >= 0.3 is 0 Å². The Morgan fingerprint density at radius 2 is 1.90 bits per heavy atom. The van der Waals surface area contributed by atoms with Crippen LogP contribution in [0.2, 0.25) is 0 Å². The van der Waals surface area contributed by atoms with Gasteiger partial charge in [-0.15, -0.1) is 0 Å². The number of hydrogen-bond acceptors (Lipinski definition) is 6. The van der Waals surface area contributed by atoms with Crippen LogP contribution in [0.1, 0.15) is 34.4 Å². The van der Waals surface area contributed by atoms with E-state index < -0.39 is 0 Å². The Hall–Kier alpha value is -3.39. The molecule has 1 N–H and O–H groups in total. The van der Waals surface area contributed by atoms with Crippen molar-refractivity contribution in [3.05, 3.63) is 76.6 Å². The van der Waals surface area contributed by atoms with Crippen molar-refractivity contribution in [2.45, 2.75) is 18.4 Å². The van der Waals surface area contributed by atoms with Crippen LogP contribution in [0.25, 0.3) is 11.5 Å². The van der Waals surface area contributed by atoms with Crippen LogP contribution >= 0.6 is 0 Å². The molecule has 0 spiro atoms. The summed E-state index contributed by atoms with van der Waals surface area (Å²) in [5.41, 5.74) is 1.86. The third kappa shape index (κ3) is 3.09. The second kappa shape index (κ2) is 7.46. The Balaban J connectivity index is 1.41. The highest BCUT2D eigenvalue weighted by molar-refractivity contribution is 5.93. The van der Waals surface area contributed by atoms with Crippen LogP contribution in [0.15, 0.2) is 59.8 Å². The van der Waals surface area contributed by atoms with E-state index in [0.29, 0.717) is 30.2 Å². The topological polar surface area (TPSA) is 101 Å². The zero-order chi connectivity index (χ0) is 20.7. The molecule has 2 aliphatic rings.